The molecular formula is C17H19FN4O4S. The second-order valence-electron chi connectivity index (χ2n) is 5.47. The number of rotatable bonds is 8. The van der Waals surface area contributed by atoms with Gasteiger partial charge >= 0.3 is 10.1 Å². The van der Waals surface area contributed by atoms with E-state index in [0.29, 0.717) is 11.3 Å². The fourth-order valence-corrected chi connectivity index (χ4v) is 3.11. The van der Waals surface area contributed by atoms with Crippen molar-refractivity contribution in [1.29, 1.82) is 5.41 Å². The van der Waals surface area contributed by atoms with Crippen molar-refractivity contribution in [3.8, 4) is 11.5 Å². The number of hydrazone groups is 1. The minimum absolute atomic E-state index is 0.0273. The first-order chi connectivity index (χ1) is 12.7. The second kappa shape index (κ2) is 8.49. The van der Waals surface area contributed by atoms with Crippen molar-refractivity contribution in [1.82, 2.24) is 5.01 Å². The maximum atomic E-state index is 13.3. The zero-order chi connectivity index (χ0) is 20.0. The number of guanidine groups is 1. The molecule has 0 saturated carbocycles. The number of halogens is 1. The minimum Gasteiger partial charge on any atom is -0.492 e. The van der Waals surface area contributed by atoms with Crippen molar-refractivity contribution in [2.24, 2.45) is 10.8 Å². The lowest BCUT2D eigenvalue weighted by Crippen LogP contribution is -2.34. The van der Waals surface area contributed by atoms with Crippen molar-refractivity contribution < 1.29 is 21.7 Å². The first-order valence-corrected chi connectivity index (χ1v) is 9.15. The van der Waals surface area contributed by atoms with Gasteiger partial charge in [-0.15, -0.1) is 0 Å². The molecule has 2 rings (SSSR count). The maximum absolute atomic E-state index is 13.3. The average molecular weight is 394 g/mol. The highest BCUT2D eigenvalue weighted by molar-refractivity contribution is 7.87. The van der Waals surface area contributed by atoms with E-state index in [1.165, 1.54) is 24.3 Å². The van der Waals surface area contributed by atoms with Crippen LogP contribution in [0.5, 0.6) is 11.5 Å². The topological polar surface area (TPSA) is 118 Å². The molecule has 0 fully saturated rings. The largest absolute Gasteiger partial charge is 0.492 e. The molecule has 0 aliphatic heterocycles. The molecule has 2 aromatic rings. The highest BCUT2D eigenvalue weighted by Gasteiger charge is 2.18. The van der Waals surface area contributed by atoms with Crippen LogP contribution in [0.15, 0.2) is 52.5 Å². The van der Waals surface area contributed by atoms with Gasteiger partial charge < -0.3 is 14.7 Å². The van der Waals surface area contributed by atoms with Gasteiger partial charge in [0.1, 0.15) is 28.8 Å². The monoisotopic (exact) mass is 394 g/mol. The predicted molar refractivity (Wildman–Crippen MR) is 99.1 cm³/mol. The van der Waals surface area contributed by atoms with Crippen LogP contribution in [0, 0.1) is 18.2 Å². The van der Waals surface area contributed by atoms with Gasteiger partial charge in [-0.1, -0.05) is 6.07 Å². The first-order valence-electron chi connectivity index (χ1n) is 7.74. The zero-order valence-electron chi connectivity index (χ0n) is 14.6. The van der Waals surface area contributed by atoms with E-state index in [9.17, 15) is 12.8 Å². The number of benzene rings is 2. The highest BCUT2D eigenvalue weighted by Crippen LogP contribution is 2.26. The van der Waals surface area contributed by atoms with Crippen molar-refractivity contribution in [3.63, 3.8) is 0 Å². The van der Waals surface area contributed by atoms with Gasteiger partial charge in [-0.2, -0.15) is 13.5 Å². The molecule has 0 radical (unpaired) electrons. The summed E-state index contributed by atoms with van der Waals surface area (Å²) in [7, 11) is -4.19. The van der Waals surface area contributed by atoms with Gasteiger partial charge in [0, 0.05) is 12.8 Å². The Kier molecular flexibility index (Phi) is 6.35. The maximum Gasteiger partial charge on any atom is 0.339 e. The molecule has 8 nitrogen and oxygen atoms in total. The van der Waals surface area contributed by atoms with E-state index in [-0.39, 0.29) is 29.8 Å². The van der Waals surface area contributed by atoms with E-state index in [0.717, 1.165) is 17.1 Å². The summed E-state index contributed by atoms with van der Waals surface area (Å²) >= 11 is 0. The molecule has 144 valence electrons. The molecule has 0 saturated heterocycles. The molecule has 0 bridgehead atoms. The van der Waals surface area contributed by atoms with E-state index < -0.39 is 15.9 Å². The molecule has 0 aliphatic rings. The fraction of sp³-hybridized carbons (Fsp3) is 0.176. The van der Waals surface area contributed by atoms with Crippen LogP contribution < -0.4 is 14.7 Å². The van der Waals surface area contributed by atoms with Gasteiger partial charge in [-0.3, -0.25) is 5.41 Å². The molecule has 0 unspecified atom stereocenters. The summed E-state index contributed by atoms with van der Waals surface area (Å²) < 4.78 is 48.5. The van der Waals surface area contributed by atoms with Gasteiger partial charge in [0.25, 0.3) is 0 Å². The standard InChI is InChI=1S/C17H19FN4O4S/c1-12-8-14(25-7-6-22(21-2)17(19)20)11-15(9-12)26-27(23,24)16-5-3-4-13(18)10-16/h3-5,8-11H,2,6-7H2,1H3,(H3,19,20). The summed E-state index contributed by atoms with van der Waals surface area (Å²) in [5.74, 6) is -0.576. The summed E-state index contributed by atoms with van der Waals surface area (Å²) in [5.41, 5.74) is 6.01. The Morgan fingerprint density at radius 3 is 2.63 bits per heavy atom. The zero-order valence-corrected chi connectivity index (χ0v) is 15.4. The Morgan fingerprint density at radius 2 is 2.00 bits per heavy atom. The lowest BCUT2D eigenvalue weighted by Gasteiger charge is -2.16. The molecule has 0 heterocycles. The lowest BCUT2D eigenvalue weighted by molar-refractivity contribution is 0.271. The summed E-state index contributed by atoms with van der Waals surface area (Å²) in [5, 5.41) is 12.0. The van der Waals surface area contributed by atoms with Gasteiger partial charge in [0.15, 0.2) is 0 Å². The Balaban J connectivity index is 2.12. The predicted octanol–water partition coefficient (Wildman–Crippen LogP) is 2.09. The third-order valence-electron chi connectivity index (χ3n) is 3.34. The molecule has 3 N–H and O–H groups in total. The molecule has 0 atom stereocenters. The summed E-state index contributed by atoms with van der Waals surface area (Å²) in [6.45, 7) is 5.34. The minimum atomic E-state index is -4.19. The molecule has 0 spiro atoms. The molecule has 2 aromatic carbocycles. The van der Waals surface area contributed by atoms with Gasteiger partial charge in [-0.05, 0) is 42.8 Å². The molecule has 10 heteroatoms. The number of aryl methyl sites for hydroxylation is 1. The molecular weight excluding hydrogens is 375 g/mol. The summed E-state index contributed by atoms with van der Waals surface area (Å²) in [6.07, 6.45) is 0. The van der Waals surface area contributed by atoms with Crippen LogP contribution in [0.25, 0.3) is 0 Å². The third-order valence-corrected chi connectivity index (χ3v) is 4.58. The van der Waals surface area contributed by atoms with Gasteiger partial charge in [0.2, 0.25) is 5.96 Å². The molecule has 0 aliphatic carbocycles. The van der Waals surface area contributed by atoms with Gasteiger partial charge in [0.05, 0.1) is 6.54 Å². The average Bonchev–Trinajstić information content (AvgIpc) is 2.57. The number of hydrogen-bond acceptors (Lipinski definition) is 6. The van der Waals surface area contributed by atoms with Crippen molar-refractivity contribution >= 4 is 22.8 Å². The number of nitrogens with zero attached hydrogens (tertiary/aromatic N) is 2. The van der Waals surface area contributed by atoms with Crippen LogP contribution in [0.2, 0.25) is 0 Å². The van der Waals surface area contributed by atoms with Crippen LogP contribution in [-0.2, 0) is 10.1 Å². The fourth-order valence-electron chi connectivity index (χ4n) is 2.16. The van der Waals surface area contributed by atoms with Gasteiger partial charge in [-0.25, -0.2) is 9.40 Å². The number of ether oxygens (including phenoxy) is 1. The van der Waals surface area contributed by atoms with Crippen LogP contribution in [0.4, 0.5) is 4.39 Å². The van der Waals surface area contributed by atoms with Crippen molar-refractivity contribution in [2.75, 3.05) is 13.2 Å². The van der Waals surface area contributed by atoms with E-state index in [1.54, 1.807) is 13.0 Å². The van der Waals surface area contributed by atoms with Crippen LogP contribution in [-0.4, -0.2) is 39.3 Å². The quantitative estimate of drug-likeness (QED) is 0.306. The SMILES string of the molecule is C=NN(CCOc1cc(C)cc(OS(=O)(=O)c2cccc(F)c2)c1)C(=N)N. The smallest absolute Gasteiger partial charge is 0.339 e. The molecule has 0 aromatic heterocycles. The lowest BCUT2D eigenvalue weighted by atomic mass is 10.2. The normalized spacial score (nSPS) is 10.9. The second-order valence-corrected chi connectivity index (χ2v) is 7.02. The summed E-state index contributed by atoms with van der Waals surface area (Å²) in [4.78, 5) is -0.291. The van der Waals surface area contributed by atoms with Crippen molar-refractivity contribution in [3.05, 3.63) is 53.8 Å². The van der Waals surface area contributed by atoms with Crippen LogP contribution in [0.3, 0.4) is 0 Å². The highest BCUT2D eigenvalue weighted by atomic mass is 32.2. The van der Waals surface area contributed by atoms with E-state index >= 15 is 0 Å². The third kappa shape index (κ3) is 5.68. The Morgan fingerprint density at radius 1 is 1.30 bits per heavy atom. The van der Waals surface area contributed by atoms with E-state index in [4.69, 9.17) is 20.1 Å². The van der Waals surface area contributed by atoms with E-state index in [2.05, 4.69) is 11.8 Å². The van der Waals surface area contributed by atoms with Crippen LogP contribution in [0.1, 0.15) is 5.56 Å². The van der Waals surface area contributed by atoms with Crippen molar-refractivity contribution in [2.45, 2.75) is 11.8 Å². The number of hydrogen-bond donors (Lipinski definition) is 2. The number of nitrogens with one attached hydrogen (secondary N) is 1. The Hall–Kier alpha value is -3.14. The number of nitrogens with two attached hydrogens (primary N) is 1. The van der Waals surface area contributed by atoms with E-state index in [1.807, 2.05) is 0 Å². The Labute approximate surface area is 156 Å². The summed E-state index contributed by atoms with van der Waals surface area (Å²) in [6, 6.07) is 9.12. The first kappa shape index (κ1) is 20.2. The van der Waals surface area contributed by atoms with Crippen LogP contribution >= 0.6 is 0 Å². The molecule has 0 amide bonds. The molecule has 27 heavy (non-hydrogen) atoms. The Bertz CT molecular complexity index is 950.